The monoisotopic (exact) mass is 350 g/mol. The highest BCUT2D eigenvalue weighted by atomic mass is 79.9. The zero-order valence-corrected chi connectivity index (χ0v) is 14.2. The summed E-state index contributed by atoms with van der Waals surface area (Å²) >= 11 is 3.44. The minimum Gasteiger partial charge on any atom is -0.444 e. The van der Waals surface area contributed by atoms with Crippen LogP contribution < -0.4 is 5.32 Å². The van der Waals surface area contributed by atoms with Gasteiger partial charge in [-0.2, -0.15) is 0 Å². The third-order valence-electron chi connectivity index (χ3n) is 2.85. The molecular weight excluding hydrogens is 332 g/mol. The van der Waals surface area contributed by atoms with Crippen LogP contribution >= 0.6 is 15.9 Å². The fourth-order valence-corrected chi connectivity index (χ4v) is 2.25. The van der Waals surface area contributed by atoms with Crippen LogP contribution in [-0.4, -0.2) is 16.7 Å². The highest BCUT2D eigenvalue weighted by Crippen LogP contribution is 2.21. The second-order valence-corrected chi connectivity index (χ2v) is 6.86. The van der Waals surface area contributed by atoms with Gasteiger partial charge < -0.3 is 10.1 Å². The summed E-state index contributed by atoms with van der Waals surface area (Å²) in [5.74, 6) is 0. The third kappa shape index (κ3) is 4.43. The van der Waals surface area contributed by atoms with Gasteiger partial charge in [0.05, 0.1) is 17.3 Å². The summed E-state index contributed by atoms with van der Waals surface area (Å²) in [7, 11) is 0. The number of ether oxygens (including phenoxy) is 1. The molecule has 1 aromatic carbocycles. The van der Waals surface area contributed by atoms with Gasteiger partial charge in [-0.25, -0.2) is 4.79 Å². The number of halogens is 1. The van der Waals surface area contributed by atoms with Crippen molar-refractivity contribution in [2.24, 2.45) is 0 Å². The van der Waals surface area contributed by atoms with E-state index in [-0.39, 0.29) is 6.04 Å². The molecule has 1 heterocycles. The first-order valence-corrected chi connectivity index (χ1v) is 7.59. The van der Waals surface area contributed by atoms with Crippen LogP contribution in [0, 0.1) is 0 Å². The van der Waals surface area contributed by atoms with Crippen molar-refractivity contribution in [1.82, 2.24) is 10.3 Å². The Labute approximate surface area is 133 Å². The summed E-state index contributed by atoms with van der Waals surface area (Å²) < 4.78 is 6.23. The molecule has 1 N–H and O–H groups in total. The number of nitrogens with zero attached hydrogens (tertiary/aromatic N) is 1. The first-order chi connectivity index (χ1) is 9.74. The molecule has 4 nitrogen and oxygen atoms in total. The van der Waals surface area contributed by atoms with Crippen LogP contribution in [-0.2, 0) is 4.74 Å². The number of benzene rings is 1. The van der Waals surface area contributed by atoms with Crippen LogP contribution in [0.2, 0.25) is 0 Å². The van der Waals surface area contributed by atoms with Gasteiger partial charge in [0.15, 0.2) is 0 Å². The van der Waals surface area contributed by atoms with Crippen molar-refractivity contribution in [2.75, 3.05) is 0 Å². The third-order valence-corrected chi connectivity index (χ3v) is 3.35. The molecule has 0 bridgehead atoms. The predicted octanol–water partition coefficient (Wildman–Crippen LogP) is 4.58. The molecule has 112 valence electrons. The average Bonchev–Trinajstić information content (AvgIpc) is 2.35. The number of rotatable bonds is 2. The Bertz CT molecular complexity index is 665. The SMILES string of the molecule is CC(NC(=O)OC(C)(C)C)c1ccc2ccc(Br)cc2n1. The Kier molecular flexibility index (Phi) is 4.52. The maximum absolute atomic E-state index is 11.8. The van der Waals surface area contributed by atoms with Gasteiger partial charge in [0.1, 0.15) is 5.60 Å². The Morgan fingerprint density at radius 3 is 2.62 bits per heavy atom. The molecule has 1 atom stereocenters. The van der Waals surface area contributed by atoms with Crippen molar-refractivity contribution in [3.05, 3.63) is 40.5 Å². The minimum atomic E-state index is -0.508. The van der Waals surface area contributed by atoms with Gasteiger partial charge in [-0.15, -0.1) is 0 Å². The predicted molar refractivity (Wildman–Crippen MR) is 87.2 cm³/mol. The van der Waals surface area contributed by atoms with Crippen molar-refractivity contribution in [3.8, 4) is 0 Å². The molecule has 2 aromatic rings. The highest BCUT2D eigenvalue weighted by Gasteiger charge is 2.18. The van der Waals surface area contributed by atoms with Gasteiger partial charge >= 0.3 is 6.09 Å². The van der Waals surface area contributed by atoms with Crippen molar-refractivity contribution >= 4 is 32.9 Å². The molecule has 5 heteroatoms. The number of fused-ring (bicyclic) bond motifs is 1. The molecule has 2 rings (SSSR count). The first kappa shape index (κ1) is 15.8. The van der Waals surface area contributed by atoms with Crippen LogP contribution in [0.1, 0.15) is 39.4 Å². The normalized spacial score (nSPS) is 13.0. The summed E-state index contributed by atoms with van der Waals surface area (Å²) in [5.41, 5.74) is 1.18. The molecule has 0 saturated heterocycles. The van der Waals surface area contributed by atoms with E-state index in [1.54, 1.807) is 0 Å². The van der Waals surface area contributed by atoms with Gasteiger partial charge in [0.25, 0.3) is 0 Å². The summed E-state index contributed by atoms with van der Waals surface area (Å²) in [5, 5.41) is 3.86. The van der Waals surface area contributed by atoms with E-state index in [0.717, 1.165) is 21.1 Å². The average molecular weight is 351 g/mol. The number of alkyl carbamates (subject to hydrolysis) is 1. The van der Waals surface area contributed by atoms with Gasteiger partial charge in [-0.1, -0.05) is 28.1 Å². The van der Waals surface area contributed by atoms with Crippen LogP contribution in [0.3, 0.4) is 0 Å². The zero-order chi connectivity index (χ0) is 15.6. The maximum atomic E-state index is 11.8. The van der Waals surface area contributed by atoms with Gasteiger partial charge in [0.2, 0.25) is 0 Å². The molecule has 0 aliphatic carbocycles. The molecule has 0 radical (unpaired) electrons. The molecule has 0 aliphatic rings. The van der Waals surface area contributed by atoms with Gasteiger partial charge in [-0.3, -0.25) is 4.98 Å². The van der Waals surface area contributed by atoms with Crippen molar-refractivity contribution < 1.29 is 9.53 Å². The maximum Gasteiger partial charge on any atom is 0.408 e. The lowest BCUT2D eigenvalue weighted by atomic mass is 10.1. The number of hydrogen-bond acceptors (Lipinski definition) is 3. The summed E-state index contributed by atoms with van der Waals surface area (Å²) in [6, 6.07) is 9.63. The smallest absolute Gasteiger partial charge is 0.408 e. The van der Waals surface area contributed by atoms with E-state index in [1.807, 2.05) is 58.0 Å². The van der Waals surface area contributed by atoms with E-state index in [0.29, 0.717) is 0 Å². The number of amides is 1. The van der Waals surface area contributed by atoms with Crippen LogP contribution in [0.4, 0.5) is 4.79 Å². The summed E-state index contributed by atoms with van der Waals surface area (Å²) in [6.45, 7) is 7.39. The van der Waals surface area contributed by atoms with E-state index in [4.69, 9.17) is 4.74 Å². The van der Waals surface area contributed by atoms with Crippen LogP contribution in [0.5, 0.6) is 0 Å². The Morgan fingerprint density at radius 2 is 1.95 bits per heavy atom. The van der Waals surface area contributed by atoms with E-state index < -0.39 is 11.7 Å². The molecule has 1 amide bonds. The Balaban J connectivity index is 2.15. The standard InChI is InChI=1S/C16H19BrN2O2/c1-10(18-15(20)21-16(2,3)4)13-8-6-11-5-7-12(17)9-14(11)19-13/h5-10H,1-4H3,(H,18,20). The molecule has 0 saturated carbocycles. The van der Waals surface area contributed by atoms with Crippen LogP contribution in [0.25, 0.3) is 10.9 Å². The molecule has 0 fully saturated rings. The molecular formula is C16H19BrN2O2. The number of carbonyl (C=O) groups excluding carboxylic acids is 1. The molecule has 21 heavy (non-hydrogen) atoms. The fraction of sp³-hybridized carbons (Fsp3) is 0.375. The molecule has 0 spiro atoms. The fourth-order valence-electron chi connectivity index (χ4n) is 1.91. The van der Waals surface area contributed by atoms with E-state index in [2.05, 4.69) is 26.2 Å². The number of aromatic nitrogens is 1. The number of hydrogen-bond donors (Lipinski definition) is 1. The lowest BCUT2D eigenvalue weighted by Gasteiger charge is -2.21. The van der Waals surface area contributed by atoms with Crippen molar-refractivity contribution in [1.29, 1.82) is 0 Å². The minimum absolute atomic E-state index is 0.219. The van der Waals surface area contributed by atoms with Crippen molar-refractivity contribution in [2.45, 2.75) is 39.3 Å². The molecule has 1 unspecified atom stereocenters. The summed E-state index contributed by atoms with van der Waals surface area (Å²) in [4.78, 5) is 16.4. The number of nitrogens with one attached hydrogen (secondary N) is 1. The lowest BCUT2D eigenvalue weighted by molar-refractivity contribution is 0.0507. The van der Waals surface area contributed by atoms with Gasteiger partial charge in [-0.05, 0) is 45.9 Å². The topological polar surface area (TPSA) is 51.2 Å². The first-order valence-electron chi connectivity index (χ1n) is 6.80. The lowest BCUT2D eigenvalue weighted by Crippen LogP contribution is -2.34. The Morgan fingerprint density at radius 1 is 1.29 bits per heavy atom. The second kappa shape index (κ2) is 6.02. The Hall–Kier alpha value is -1.62. The molecule has 0 aliphatic heterocycles. The zero-order valence-electron chi connectivity index (χ0n) is 12.6. The van der Waals surface area contributed by atoms with Crippen LogP contribution in [0.15, 0.2) is 34.8 Å². The van der Waals surface area contributed by atoms with E-state index >= 15 is 0 Å². The number of carbonyl (C=O) groups is 1. The quantitative estimate of drug-likeness (QED) is 0.861. The van der Waals surface area contributed by atoms with Crippen molar-refractivity contribution in [3.63, 3.8) is 0 Å². The molecule has 1 aromatic heterocycles. The van der Waals surface area contributed by atoms with E-state index in [9.17, 15) is 4.79 Å². The largest absolute Gasteiger partial charge is 0.444 e. The highest BCUT2D eigenvalue weighted by molar-refractivity contribution is 9.10. The van der Waals surface area contributed by atoms with Gasteiger partial charge in [0, 0.05) is 9.86 Å². The summed E-state index contributed by atoms with van der Waals surface area (Å²) in [6.07, 6.45) is -0.439. The second-order valence-electron chi connectivity index (χ2n) is 5.94. The van der Waals surface area contributed by atoms with E-state index in [1.165, 1.54) is 0 Å². The number of pyridine rings is 1.